The minimum Gasteiger partial charge on any atom is -0.456 e. The summed E-state index contributed by atoms with van der Waals surface area (Å²) in [7, 11) is 0. The Balaban J connectivity index is 1.04. The van der Waals surface area contributed by atoms with E-state index >= 15 is 0 Å². The number of aliphatic imine (C=N–C) groups is 2. The molecule has 3 aromatic heterocycles. The maximum Gasteiger partial charge on any atom is 0.159 e. The zero-order chi connectivity index (χ0) is 37.5. The summed E-state index contributed by atoms with van der Waals surface area (Å²) < 4.78 is 11.5. The Kier molecular flexibility index (Phi) is 7.09. The number of rotatable bonds is 5. The first-order valence-corrected chi connectivity index (χ1v) is 20.0. The van der Waals surface area contributed by atoms with E-state index in [-0.39, 0.29) is 6.17 Å². The topological polar surface area (TPSA) is 54.8 Å². The predicted octanol–water partition coefficient (Wildman–Crippen LogP) is 13.2. The second-order valence-corrected chi connectivity index (χ2v) is 15.6. The molecule has 5 nitrogen and oxygen atoms in total. The molecular formula is C51H32N4OS. The molecule has 0 saturated heterocycles. The molecule has 4 heterocycles. The van der Waals surface area contributed by atoms with Gasteiger partial charge in [0.2, 0.25) is 0 Å². The largest absolute Gasteiger partial charge is 0.456 e. The number of para-hydroxylation sites is 2. The highest BCUT2D eigenvalue weighted by atomic mass is 32.1. The van der Waals surface area contributed by atoms with Crippen molar-refractivity contribution in [2.24, 2.45) is 9.98 Å². The van der Waals surface area contributed by atoms with E-state index in [1.54, 1.807) is 0 Å². The Morgan fingerprint density at radius 3 is 1.95 bits per heavy atom. The number of furan rings is 1. The predicted molar refractivity (Wildman–Crippen MR) is 238 cm³/mol. The third-order valence-electron chi connectivity index (χ3n) is 11.3. The number of amidine groups is 2. The first-order chi connectivity index (χ1) is 28.3. The molecule has 0 bridgehead atoms. The van der Waals surface area contributed by atoms with Crippen LogP contribution in [-0.2, 0) is 0 Å². The molecule has 0 fully saturated rings. The Morgan fingerprint density at radius 2 is 1.16 bits per heavy atom. The molecule has 1 atom stereocenters. The van der Waals surface area contributed by atoms with E-state index in [0.717, 1.165) is 50.0 Å². The fourth-order valence-electron chi connectivity index (χ4n) is 8.69. The number of nitrogens with zero attached hydrogens (tertiary/aromatic N) is 3. The van der Waals surface area contributed by atoms with E-state index in [9.17, 15) is 0 Å². The molecule has 8 aromatic carbocycles. The van der Waals surface area contributed by atoms with Crippen LogP contribution in [0.2, 0.25) is 0 Å². The van der Waals surface area contributed by atoms with E-state index < -0.39 is 0 Å². The minimum atomic E-state index is -0.278. The Morgan fingerprint density at radius 1 is 0.509 bits per heavy atom. The van der Waals surface area contributed by atoms with Crippen LogP contribution in [0.5, 0.6) is 0 Å². The van der Waals surface area contributed by atoms with E-state index in [2.05, 4.69) is 155 Å². The van der Waals surface area contributed by atoms with Crippen molar-refractivity contribution in [1.82, 2.24) is 9.88 Å². The lowest BCUT2D eigenvalue weighted by Crippen LogP contribution is -2.33. The highest BCUT2D eigenvalue weighted by Crippen LogP contribution is 2.46. The number of nitrogens with one attached hydrogen (secondary N) is 1. The molecule has 0 aliphatic carbocycles. The highest BCUT2D eigenvalue weighted by Gasteiger charge is 2.23. The van der Waals surface area contributed by atoms with E-state index in [1.807, 2.05) is 47.7 Å². The first kappa shape index (κ1) is 32.0. The van der Waals surface area contributed by atoms with Crippen molar-refractivity contribution in [1.29, 1.82) is 0 Å². The lowest BCUT2D eigenvalue weighted by molar-refractivity contribution is 0.668. The van der Waals surface area contributed by atoms with Crippen molar-refractivity contribution in [3.05, 3.63) is 199 Å². The second kappa shape index (κ2) is 12.6. The summed E-state index contributed by atoms with van der Waals surface area (Å²) in [5.41, 5.74) is 10.7. The summed E-state index contributed by atoms with van der Waals surface area (Å²) in [4.78, 5) is 10.2. The normalized spacial score (nSPS) is 14.5. The van der Waals surface area contributed by atoms with Gasteiger partial charge in [-0.3, -0.25) is 0 Å². The van der Waals surface area contributed by atoms with Crippen LogP contribution in [0.3, 0.4) is 0 Å². The molecule has 0 saturated carbocycles. The summed E-state index contributed by atoms with van der Waals surface area (Å²) in [6.45, 7) is 0. The summed E-state index contributed by atoms with van der Waals surface area (Å²) in [6.07, 6.45) is -0.278. The van der Waals surface area contributed by atoms with Gasteiger partial charge in [-0.1, -0.05) is 140 Å². The van der Waals surface area contributed by atoms with Gasteiger partial charge in [0.1, 0.15) is 23.2 Å². The summed E-state index contributed by atoms with van der Waals surface area (Å²) in [5.74, 6) is 1.48. The SMILES string of the molecule is c1ccc(C2=NC(c3ccccc3)NC(c3ccc4oc5cccc(-c6cccc7c6sc6c(-n8c9ccccc9c9ccccc98)cccc67)c5c4c3)=N2)cc1. The molecule has 1 aliphatic heterocycles. The molecular weight excluding hydrogens is 717 g/mol. The number of hydrogen-bond donors (Lipinski definition) is 1. The fourth-order valence-corrected chi connectivity index (χ4v) is 10.0. The van der Waals surface area contributed by atoms with Crippen molar-refractivity contribution in [2.45, 2.75) is 6.17 Å². The maximum absolute atomic E-state index is 6.57. The smallest absolute Gasteiger partial charge is 0.159 e. The van der Waals surface area contributed by atoms with Crippen LogP contribution in [0.4, 0.5) is 0 Å². The molecule has 11 aromatic rings. The monoisotopic (exact) mass is 748 g/mol. The van der Waals surface area contributed by atoms with Crippen molar-refractivity contribution < 1.29 is 4.42 Å². The Labute approximate surface area is 331 Å². The van der Waals surface area contributed by atoms with Gasteiger partial charge in [-0.15, -0.1) is 11.3 Å². The Bertz CT molecular complexity index is 3390. The third kappa shape index (κ3) is 5.01. The van der Waals surface area contributed by atoms with E-state index in [4.69, 9.17) is 14.4 Å². The van der Waals surface area contributed by atoms with Crippen LogP contribution in [0.1, 0.15) is 22.9 Å². The molecule has 268 valence electrons. The zero-order valence-corrected chi connectivity index (χ0v) is 31.4. The van der Waals surface area contributed by atoms with Crippen molar-refractivity contribution >= 4 is 86.9 Å². The Hall–Kier alpha value is -7.28. The number of fused-ring (bicyclic) bond motifs is 9. The van der Waals surface area contributed by atoms with E-state index in [1.165, 1.54) is 53.2 Å². The summed E-state index contributed by atoms with van der Waals surface area (Å²) in [6, 6.07) is 64.2. The number of aromatic nitrogens is 1. The van der Waals surface area contributed by atoms with Gasteiger partial charge in [0.05, 0.1) is 21.4 Å². The van der Waals surface area contributed by atoms with Gasteiger partial charge in [-0.05, 0) is 53.6 Å². The van der Waals surface area contributed by atoms with Gasteiger partial charge in [0.25, 0.3) is 0 Å². The van der Waals surface area contributed by atoms with Gasteiger partial charge in [0, 0.05) is 53.7 Å². The van der Waals surface area contributed by atoms with Crippen molar-refractivity contribution in [3.63, 3.8) is 0 Å². The standard InChI is InChI=1S/C51H32N4OS/c1-3-14-31(15-4-1)49-52-50(32-16-5-2-6-17-32)54-51(53-49)33-28-29-44-40(30-33)46-36(20-13-27-45(46)56-44)37-21-11-22-38-39-23-12-26-43(48(39)57-47(37)38)55-41-24-9-7-18-34(41)35-19-8-10-25-42(35)55/h1-30,49H,(H,52,53,54). The average Bonchev–Trinajstić information content (AvgIpc) is 3.96. The molecule has 6 heteroatoms. The zero-order valence-electron chi connectivity index (χ0n) is 30.6. The number of thiophene rings is 1. The maximum atomic E-state index is 6.57. The van der Waals surface area contributed by atoms with Crippen LogP contribution >= 0.6 is 11.3 Å². The number of benzene rings is 8. The lowest BCUT2D eigenvalue weighted by Gasteiger charge is -2.23. The second-order valence-electron chi connectivity index (χ2n) is 14.5. The highest BCUT2D eigenvalue weighted by molar-refractivity contribution is 7.26. The number of hydrogen-bond acceptors (Lipinski definition) is 5. The summed E-state index contributed by atoms with van der Waals surface area (Å²) in [5, 5.41) is 10.8. The molecule has 0 amide bonds. The average molecular weight is 749 g/mol. The quantitative estimate of drug-likeness (QED) is 0.191. The third-order valence-corrected chi connectivity index (χ3v) is 12.6. The molecule has 1 N–H and O–H groups in total. The van der Waals surface area contributed by atoms with Crippen LogP contribution in [0.25, 0.3) is 80.7 Å². The van der Waals surface area contributed by atoms with E-state index in [0.29, 0.717) is 5.84 Å². The molecule has 1 aliphatic rings. The van der Waals surface area contributed by atoms with Gasteiger partial charge in [-0.25, -0.2) is 9.98 Å². The van der Waals surface area contributed by atoms with Crippen LogP contribution in [-0.4, -0.2) is 16.2 Å². The van der Waals surface area contributed by atoms with Gasteiger partial charge in [0.15, 0.2) is 5.84 Å². The molecule has 0 radical (unpaired) electrons. The molecule has 12 rings (SSSR count). The molecule has 0 spiro atoms. The van der Waals surface area contributed by atoms with Gasteiger partial charge < -0.3 is 14.3 Å². The van der Waals surface area contributed by atoms with Crippen LogP contribution < -0.4 is 5.32 Å². The lowest BCUT2D eigenvalue weighted by atomic mass is 9.97. The van der Waals surface area contributed by atoms with Gasteiger partial charge in [-0.2, -0.15) is 0 Å². The first-order valence-electron chi connectivity index (χ1n) is 19.2. The van der Waals surface area contributed by atoms with Crippen LogP contribution in [0.15, 0.2) is 196 Å². The van der Waals surface area contributed by atoms with Crippen molar-refractivity contribution in [2.75, 3.05) is 0 Å². The fraction of sp³-hybridized carbons (Fsp3) is 0.0196. The minimum absolute atomic E-state index is 0.278. The van der Waals surface area contributed by atoms with Gasteiger partial charge >= 0.3 is 0 Å². The molecule has 1 unspecified atom stereocenters. The van der Waals surface area contributed by atoms with Crippen molar-refractivity contribution in [3.8, 4) is 16.8 Å². The summed E-state index contributed by atoms with van der Waals surface area (Å²) >= 11 is 1.87. The van der Waals surface area contributed by atoms with Crippen LogP contribution in [0, 0.1) is 0 Å². The molecule has 57 heavy (non-hydrogen) atoms.